The van der Waals surface area contributed by atoms with E-state index in [1.54, 1.807) is 6.07 Å². The highest BCUT2D eigenvalue weighted by Crippen LogP contribution is 2.33. The number of tetrazole rings is 1. The predicted octanol–water partition coefficient (Wildman–Crippen LogP) is 2.82. The molecule has 0 saturated carbocycles. The van der Waals surface area contributed by atoms with Gasteiger partial charge in [0, 0.05) is 11.8 Å². The fourth-order valence-corrected chi connectivity index (χ4v) is 4.44. The molecule has 34 heavy (non-hydrogen) atoms. The maximum Gasteiger partial charge on any atom is 0.353 e. The van der Waals surface area contributed by atoms with Crippen molar-refractivity contribution in [1.82, 2.24) is 29.6 Å². The van der Waals surface area contributed by atoms with Gasteiger partial charge >= 0.3 is 5.69 Å². The van der Waals surface area contributed by atoms with Gasteiger partial charge in [0.15, 0.2) is 5.65 Å². The van der Waals surface area contributed by atoms with Crippen molar-refractivity contribution < 1.29 is 4.79 Å². The highest BCUT2D eigenvalue weighted by molar-refractivity contribution is 6.03. The normalized spacial score (nSPS) is 15.7. The number of hydrogen-bond donors (Lipinski definition) is 0. The molecule has 166 valence electrons. The van der Waals surface area contributed by atoms with Crippen molar-refractivity contribution in [3.8, 4) is 0 Å². The quantitative estimate of drug-likeness (QED) is 0.420. The van der Waals surface area contributed by atoms with E-state index in [2.05, 4.69) is 15.5 Å². The minimum Gasteiger partial charge on any atom is -0.282 e. The Morgan fingerprint density at radius 3 is 2.41 bits per heavy atom. The van der Waals surface area contributed by atoms with Crippen LogP contribution in [0.1, 0.15) is 23.6 Å². The molecule has 0 aliphatic carbocycles. The smallest absolute Gasteiger partial charge is 0.282 e. The van der Waals surface area contributed by atoms with Gasteiger partial charge in [0.05, 0.1) is 17.3 Å². The zero-order valence-corrected chi connectivity index (χ0v) is 18.0. The Bertz CT molecular complexity index is 1610. The highest BCUT2D eigenvalue weighted by Gasteiger charge is 2.33. The SMILES string of the molecule is O=C(Cn1c(=O)n2nnnc2c2ccccc21)N1N=C(c2ccccc2)CC1c1ccccc1. The first-order valence-corrected chi connectivity index (χ1v) is 10.9. The molecule has 3 heterocycles. The maximum absolute atomic E-state index is 13.6. The number of aromatic nitrogens is 5. The number of carbonyl (C=O) groups is 1. The van der Waals surface area contributed by atoms with Crippen molar-refractivity contribution in [2.75, 3.05) is 0 Å². The van der Waals surface area contributed by atoms with Crippen LogP contribution in [-0.2, 0) is 11.3 Å². The zero-order valence-electron chi connectivity index (χ0n) is 18.0. The standard InChI is InChI=1S/C25H19N7O2/c33-23(16-30-21-14-8-7-13-19(21)24-26-28-29-32(24)25(30)34)31-22(18-11-5-2-6-12-18)15-20(27-31)17-9-3-1-4-10-17/h1-14,22H,15-16H2. The van der Waals surface area contributed by atoms with Gasteiger partial charge < -0.3 is 0 Å². The van der Waals surface area contributed by atoms with Crippen molar-refractivity contribution >= 4 is 28.2 Å². The van der Waals surface area contributed by atoms with Crippen molar-refractivity contribution in [3.63, 3.8) is 0 Å². The molecule has 0 N–H and O–H groups in total. The largest absolute Gasteiger partial charge is 0.353 e. The number of hydrogen-bond acceptors (Lipinski definition) is 6. The Morgan fingerprint density at radius 1 is 0.912 bits per heavy atom. The molecular weight excluding hydrogens is 430 g/mol. The van der Waals surface area contributed by atoms with E-state index in [0.29, 0.717) is 23.0 Å². The van der Waals surface area contributed by atoms with Crippen LogP contribution in [0.4, 0.5) is 0 Å². The van der Waals surface area contributed by atoms with Gasteiger partial charge in [0.1, 0.15) is 6.54 Å². The van der Waals surface area contributed by atoms with Crippen LogP contribution in [0.15, 0.2) is 94.8 Å². The number of nitrogens with zero attached hydrogens (tertiary/aromatic N) is 7. The van der Waals surface area contributed by atoms with Crippen molar-refractivity contribution in [2.45, 2.75) is 19.0 Å². The van der Waals surface area contributed by atoms with E-state index in [1.807, 2.05) is 78.9 Å². The maximum atomic E-state index is 13.6. The van der Waals surface area contributed by atoms with Gasteiger partial charge in [-0.15, -0.1) is 9.61 Å². The number of benzene rings is 3. The summed E-state index contributed by atoms with van der Waals surface area (Å²) in [4.78, 5) is 26.8. The lowest BCUT2D eigenvalue weighted by molar-refractivity contribution is -0.133. The van der Waals surface area contributed by atoms with Crippen LogP contribution in [0.2, 0.25) is 0 Å². The summed E-state index contributed by atoms with van der Waals surface area (Å²) in [5, 5.41) is 18.3. The van der Waals surface area contributed by atoms with Crippen LogP contribution in [0.3, 0.4) is 0 Å². The molecule has 6 rings (SSSR count). The van der Waals surface area contributed by atoms with Gasteiger partial charge in [0.25, 0.3) is 5.91 Å². The number of para-hydroxylation sites is 1. The third-order valence-electron chi connectivity index (χ3n) is 6.07. The van der Waals surface area contributed by atoms with Crippen molar-refractivity contribution in [3.05, 3.63) is 107 Å². The summed E-state index contributed by atoms with van der Waals surface area (Å²) in [6.07, 6.45) is 0.585. The molecular formula is C25H19N7O2. The minimum absolute atomic E-state index is 0.190. The summed E-state index contributed by atoms with van der Waals surface area (Å²) in [5.74, 6) is -0.292. The molecule has 1 unspecified atom stereocenters. The molecule has 5 aromatic rings. The first-order chi connectivity index (χ1) is 16.7. The third-order valence-corrected chi connectivity index (χ3v) is 6.07. The number of fused-ring (bicyclic) bond motifs is 3. The van der Waals surface area contributed by atoms with E-state index in [0.717, 1.165) is 21.4 Å². The molecule has 9 nitrogen and oxygen atoms in total. The summed E-state index contributed by atoms with van der Waals surface area (Å²) in [6.45, 7) is -0.190. The number of rotatable bonds is 4. The van der Waals surface area contributed by atoms with Gasteiger partial charge in [-0.25, -0.2) is 9.80 Å². The molecule has 0 radical (unpaired) electrons. The second-order valence-corrected chi connectivity index (χ2v) is 8.08. The lowest BCUT2D eigenvalue weighted by atomic mass is 9.98. The van der Waals surface area contributed by atoms with Gasteiger partial charge in [-0.1, -0.05) is 72.8 Å². The lowest BCUT2D eigenvalue weighted by Gasteiger charge is -2.22. The Balaban J connectivity index is 1.43. The summed E-state index contributed by atoms with van der Waals surface area (Å²) >= 11 is 0. The summed E-state index contributed by atoms with van der Waals surface area (Å²) in [7, 11) is 0. The first-order valence-electron chi connectivity index (χ1n) is 10.9. The second kappa shape index (κ2) is 8.04. The molecule has 3 aromatic carbocycles. The average Bonchev–Trinajstić information content (AvgIpc) is 3.56. The molecule has 1 atom stereocenters. The Morgan fingerprint density at radius 2 is 1.62 bits per heavy atom. The monoisotopic (exact) mass is 449 g/mol. The van der Waals surface area contributed by atoms with E-state index in [9.17, 15) is 9.59 Å². The summed E-state index contributed by atoms with van der Waals surface area (Å²) in [6, 6.07) is 26.6. The summed E-state index contributed by atoms with van der Waals surface area (Å²) < 4.78 is 2.52. The minimum atomic E-state index is -0.477. The van der Waals surface area contributed by atoms with Crippen LogP contribution in [0.25, 0.3) is 16.6 Å². The fourth-order valence-electron chi connectivity index (χ4n) is 4.44. The van der Waals surface area contributed by atoms with Crippen molar-refractivity contribution in [2.24, 2.45) is 5.10 Å². The topological polar surface area (TPSA) is 97.8 Å². The summed E-state index contributed by atoms with van der Waals surface area (Å²) in [5.41, 5.74) is 3.25. The van der Waals surface area contributed by atoms with Crippen LogP contribution in [-0.4, -0.2) is 41.2 Å². The second-order valence-electron chi connectivity index (χ2n) is 8.08. The van der Waals surface area contributed by atoms with E-state index >= 15 is 0 Å². The highest BCUT2D eigenvalue weighted by atomic mass is 16.2. The average molecular weight is 449 g/mol. The van der Waals surface area contributed by atoms with Crippen LogP contribution in [0, 0.1) is 0 Å². The molecule has 1 aliphatic rings. The number of hydrazone groups is 1. The van der Waals surface area contributed by atoms with Gasteiger partial charge in [-0.3, -0.25) is 9.36 Å². The molecule has 1 aliphatic heterocycles. The molecule has 1 amide bonds. The Hall–Kier alpha value is -4.66. The van der Waals surface area contributed by atoms with Gasteiger partial charge in [0.2, 0.25) is 0 Å². The first kappa shape index (κ1) is 20.0. The van der Waals surface area contributed by atoms with Gasteiger partial charge in [-0.05, 0) is 33.7 Å². The molecule has 0 fully saturated rings. The third kappa shape index (κ3) is 3.25. The number of carbonyl (C=O) groups excluding carboxylic acids is 1. The molecule has 0 spiro atoms. The molecule has 0 bridgehead atoms. The number of amides is 1. The predicted molar refractivity (Wildman–Crippen MR) is 126 cm³/mol. The van der Waals surface area contributed by atoms with Crippen LogP contribution in [0.5, 0.6) is 0 Å². The van der Waals surface area contributed by atoms with E-state index in [1.165, 1.54) is 9.58 Å². The van der Waals surface area contributed by atoms with Gasteiger partial charge in [-0.2, -0.15) is 5.10 Å². The fraction of sp³-hybridized carbons (Fsp3) is 0.120. The molecule has 2 aromatic heterocycles. The Kier molecular flexibility index (Phi) is 4.72. The molecule has 9 heteroatoms. The molecule has 0 saturated heterocycles. The lowest BCUT2D eigenvalue weighted by Crippen LogP contribution is -2.36. The van der Waals surface area contributed by atoms with E-state index in [-0.39, 0.29) is 18.5 Å². The van der Waals surface area contributed by atoms with E-state index < -0.39 is 5.69 Å². The van der Waals surface area contributed by atoms with Crippen molar-refractivity contribution in [1.29, 1.82) is 0 Å². The van der Waals surface area contributed by atoms with E-state index in [4.69, 9.17) is 5.10 Å². The zero-order chi connectivity index (χ0) is 23.1. The Labute approximate surface area is 193 Å². The van der Waals surface area contributed by atoms with Crippen LogP contribution >= 0.6 is 0 Å². The van der Waals surface area contributed by atoms with Crippen LogP contribution < -0.4 is 5.69 Å².